The van der Waals surface area contributed by atoms with Gasteiger partial charge < -0.3 is 4.74 Å². The Morgan fingerprint density at radius 2 is 1.30 bits per heavy atom. The quantitative estimate of drug-likeness (QED) is 0.577. The number of hydrogen-bond donors (Lipinski definition) is 0. The second-order valence-electron chi connectivity index (χ2n) is 5.49. The van der Waals surface area contributed by atoms with Gasteiger partial charge in [-0.25, -0.2) is 8.78 Å². The highest BCUT2D eigenvalue weighted by Crippen LogP contribution is 2.15. The van der Waals surface area contributed by atoms with Crippen LogP contribution in [-0.4, -0.2) is 6.43 Å². The van der Waals surface area contributed by atoms with Crippen molar-refractivity contribution < 1.29 is 13.5 Å². The van der Waals surface area contributed by atoms with Gasteiger partial charge in [0.25, 0.3) is 6.43 Å². The monoisotopic (exact) mass is 316 g/mol. The molecule has 23 heavy (non-hydrogen) atoms. The van der Waals surface area contributed by atoms with Gasteiger partial charge in [0.2, 0.25) is 0 Å². The maximum Gasteiger partial charge on any atom is 0.260 e. The van der Waals surface area contributed by atoms with Crippen molar-refractivity contribution in [3.05, 3.63) is 77.6 Å². The molecule has 0 N–H and O–H groups in total. The molecule has 0 bridgehead atoms. The summed E-state index contributed by atoms with van der Waals surface area (Å²) in [7, 11) is 0. The van der Waals surface area contributed by atoms with Crippen LogP contribution in [0.2, 0.25) is 0 Å². The van der Waals surface area contributed by atoms with Crippen LogP contribution >= 0.6 is 0 Å². The van der Waals surface area contributed by atoms with Crippen LogP contribution in [0.4, 0.5) is 8.78 Å². The van der Waals surface area contributed by atoms with E-state index >= 15 is 0 Å². The lowest BCUT2D eigenvalue weighted by molar-refractivity contribution is 0.201. The molecule has 0 aliphatic heterocycles. The van der Waals surface area contributed by atoms with Crippen LogP contribution < -0.4 is 4.74 Å². The fourth-order valence-corrected chi connectivity index (χ4v) is 2.36. The van der Waals surface area contributed by atoms with Crippen molar-refractivity contribution in [2.45, 2.75) is 39.0 Å². The van der Waals surface area contributed by atoms with E-state index < -0.39 is 6.43 Å². The fourth-order valence-electron chi connectivity index (χ4n) is 2.36. The Morgan fingerprint density at radius 1 is 0.826 bits per heavy atom. The number of ether oxygens (including phenoxy) is 1. The average molecular weight is 316 g/mol. The second-order valence-corrected chi connectivity index (χ2v) is 5.49. The van der Waals surface area contributed by atoms with Crippen molar-refractivity contribution in [3.8, 4) is 5.75 Å². The van der Waals surface area contributed by atoms with E-state index in [1.165, 1.54) is 23.1 Å². The first-order valence-corrected chi connectivity index (χ1v) is 7.95. The molecule has 0 aromatic heterocycles. The van der Waals surface area contributed by atoms with Crippen LogP contribution in [0.3, 0.4) is 0 Å². The van der Waals surface area contributed by atoms with Gasteiger partial charge >= 0.3 is 0 Å². The zero-order chi connectivity index (χ0) is 16.5. The van der Waals surface area contributed by atoms with Crippen LogP contribution in [0.15, 0.2) is 60.9 Å². The lowest BCUT2D eigenvalue weighted by Gasteiger charge is -2.05. The Hall–Kier alpha value is -2.16. The van der Waals surface area contributed by atoms with E-state index in [1.54, 1.807) is 12.1 Å². The van der Waals surface area contributed by atoms with Gasteiger partial charge in [-0.15, -0.1) is 0 Å². The average Bonchev–Trinajstić information content (AvgIpc) is 2.55. The Balaban J connectivity index is 1.83. The Bertz CT molecular complexity index is 601. The van der Waals surface area contributed by atoms with Crippen LogP contribution in [-0.2, 0) is 19.3 Å². The smallest absolute Gasteiger partial charge is 0.260 e. The van der Waals surface area contributed by atoms with Crippen molar-refractivity contribution in [1.29, 1.82) is 0 Å². The van der Waals surface area contributed by atoms with Crippen LogP contribution in [0.1, 0.15) is 30.0 Å². The molecule has 122 valence electrons. The molecule has 2 aromatic carbocycles. The number of benzene rings is 2. The van der Waals surface area contributed by atoms with Crippen molar-refractivity contribution in [2.75, 3.05) is 0 Å². The zero-order valence-electron chi connectivity index (χ0n) is 13.3. The third kappa shape index (κ3) is 6.23. The number of aryl methyl sites for hydroxylation is 3. The molecule has 0 saturated carbocycles. The highest BCUT2D eigenvalue weighted by Gasteiger charge is 1.99. The molecule has 2 rings (SSSR count). The lowest BCUT2D eigenvalue weighted by atomic mass is 10.0. The van der Waals surface area contributed by atoms with Crippen LogP contribution in [0.25, 0.3) is 0 Å². The third-order valence-electron chi connectivity index (χ3n) is 3.62. The standard InChI is InChI=1S/C20H22F2O/c1-2-3-16-4-6-17(7-5-16)8-9-18-10-12-19(13-11-18)23-15-14-20(21)22/h4-7,10-15,20H,2-3,8-9H2,1H3. The van der Waals surface area contributed by atoms with Gasteiger partial charge in [-0.05, 0) is 48.1 Å². The molecule has 0 aliphatic carbocycles. The van der Waals surface area contributed by atoms with Crippen molar-refractivity contribution in [2.24, 2.45) is 0 Å². The van der Waals surface area contributed by atoms with E-state index in [2.05, 4.69) is 31.2 Å². The van der Waals surface area contributed by atoms with Gasteiger partial charge in [0.05, 0.1) is 6.26 Å². The normalized spacial score (nSPS) is 11.3. The minimum atomic E-state index is -2.49. The molecule has 0 aliphatic rings. The Labute approximate surface area is 136 Å². The predicted octanol–water partition coefficient (Wildman–Crippen LogP) is 5.58. The summed E-state index contributed by atoms with van der Waals surface area (Å²) in [6, 6.07) is 16.3. The van der Waals surface area contributed by atoms with Gasteiger partial charge in [0, 0.05) is 6.08 Å². The first-order chi connectivity index (χ1) is 11.2. The second kappa shape index (κ2) is 9.09. The third-order valence-corrected chi connectivity index (χ3v) is 3.62. The first kappa shape index (κ1) is 17.2. The lowest BCUT2D eigenvalue weighted by Crippen LogP contribution is -1.93. The minimum Gasteiger partial charge on any atom is -0.465 e. The van der Waals surface area contributed by atoms with E-state index in [0.29, 0.717) is 5.75 Å². The minimum absolute atomic E-state index is 0.564. The molecule has 0 unspecified atom stereocenters. The molecule has 0 radical (unpaired) electrons. The van der Waals surface area contributed by atoms with Gasteiger partial charge in [-0.1, -0.05) is 49.7 Å². The maximum absolute atomic E-state index is 12.0. The zero-order valence-corrected chi connectivity index (χ0v) is 13.3. The summed E-state index contributed by atoms with van der Waals surface area (Å²) in [6.07, 6.45) is 3.48. The highest BCUT2D eigenvalue weighted by atomic mass is 19.3. The van der Waals surface area contributed by atoms with E-state index in [1.807, 2.05) is 12.1 Å². The van der Waals surface area contributed by atoms with Crippen molar-refractivity contribution in [3.63, 3.8) is 0 Å². The molecular formula is C20H22F2O. The number of rotatable bonds is 8. The molecule has 1 nitrogen and oxygen atoms in total. The predicted molar refractivity (Wildman–Crippen MR) is 90.1 cm³/mol. The van der Waals surface area contributed by atoms with E-state index in [-0.39, 0.29) is 0 Å². The van der Waals surface area contributed by atoms with Crippen LogP contribution in [0, 0.1) is 0 Å². The summed E-state index contributed by atoms with van der Waals surface area (Å²) in [6.45, 7) is 2.19. The molecule has 0 amide bonds. The molecule has 0 spiro atoms. The van der Waals surface area contributed by atoms with E-state index in [0.717, 1.165) is 31.6 Å². The van der Waals surface area contributed by atoms with E-state index in [9.17, 15) is 8.78 Å². The molecule has 3 heteroatoms. The largest absolute Gasteiger partial charge is 0.465 e. The number of alkyl halides is 2. The van der Waals surface area contributed by atoms with Gasteiger partial charge in [-0.2, -0.15) is 0 Å². The van der Waals surface area contributed by atoms with E-state index in [4.69, 9.17) is 4.74 Å². The Kier molecular flexibility index (Phi) is 6.79. The van der Waals surface area contributed by atoms with Crippen molar-refractivity contribution >= 4 is 0 Å². The molecule has 0 heterocycles. The Morgan fingerprint density at radius 3 is 1.78 bits per heavy atom. The van der Waals surface area contributed by atoms with Gasteiger partial charge in [-0.3, -0.25) is 0 Å². The van der Waals surface area contributed by atoms with Gasteiger partial charge in [0.1, 0.15) is 5.75 Å². The summed E-state index contributed by atoms with van der Waals surface area (Å²) in [5.74, 6) is 0.564. The highest BCUT2D eigenvalue weighted by molar-refractivity contribution is 5.29. The summed E-state index contributed by atoms with van der Waals surface area (Å²) in [4.78, 5) is 0. The first-order valence-electron chi connectivity index (χ1n) is 7.95. The fraction of sp³-hybridized carbons (Fsp3) is 0.300. The molecule has 2 aromatic rings. The summed E-state index contributed by atoms with van der Waals surface area (Å²) >= 11 is 0. The maximum atomic E-state index is 12.0. The van der Waals surface area contributed by atoms with Gasteiger partial charge in [0.15, 0.2) is 0 Å². The number of allylic oxidation sites excluding steroid dienone is 1. The molecule has 0 saturated heterocycles. The summed E-state index contributed by atoms with van der Waals surface area (Å²) in [5.41, 5.74) is 3.91. The number of hydrogen-bond acceptors (Lipinski definition) is 1. The van der Waals surface area contributed by atoms with Crippen molar-refractivity contribution in [1.82, 2.24) is 0 Å². The SMILES string of the molecule is CCCc1ccc(CCc2ccc(OC=CC(F)F)cc2)cc1. The number of halogens is 2. The summed E-state index contributed by atoms with van der Waals surface area (Å²) < 4.78 is 29.0. The topological polar surface area (TPSA) is 9.23 Å². The molecular weight excluding hydrogens is 294 g/mol. The summed E-state index contributed by atoms with van der Waals surface area (Å²) in [5, 5.41) is 0. The molecule has 0 atom stereocenters. The van der Waals surface area contributed by atoms with Crippen LogP contribution in [0.5, 0.6) is 5.75 Å². The molecule has 0 fully saturated rings.